The molecule has 8 heteroatoms. The quantitative estimate of drug-likeness (QED) is 0.818. The predicted octanol–water partition coefficient (Wildman–Crippen LogP) is 0.789. The lowest BCUT2D eigenvalue weighted by Gasteiger charge is -2.40. The molecule has 0 bridgehead atoms. The molecular formula is C15H20N6O2. The smallest absolute Gasteiger partial charge is 0.257 e. The van der Waals surface area contributed by atoms with Crippen molar-refractivity contribution in [3.05, 3.63) is 29.3 Å². The maximum absolute atomic E-state index is 12.9. The SMILES string of the molecule is CCn1ncc(C(=O)N2CC[C@H]3OCc4cnnn4[C@H]3C2)c1C. The molecule has 0 radical (unpaired) electrons. The monoisotopic (exact) mass is 316 g/mol. The first-order chi connectivity index (χ1) is 11.2. The van der Waals surface area contributed by atoms with E-state index in [0.29, 0.717) is 25.3 Å². The summed E-state index contributed by atoms with van der Waals surface area (Å²) in [6.45, 7) is 6.56. The van der Waals surface area contributed by atoms with Crippen molar-refractivity contribution in [2.45, 2.75) is 45.6 Å². The Bertz CT molecular complexity index is 736. The van der Waals surface area contributed by atoms with Gasteiger partial charge in [0.15, 0.2) is 0 Å². The molecule has 0 aliphatic carbocycles. The number of aryl methyl sites for hydroxylation is 1. The molecule has 4 rings (SSSR count). The van der Waals surface area contributed by atoms with Crippen LogP contribution in [0.4, 0.5) is 0 Å². The Morgan fingerprint density at radius 1 is 1.43 bits per heavy atom. The van der Waals surface area contributed by atoms with Gasteiger partial charge in [0.1, 0.15) is 0 Å². The first-order valence-corrected chi connectivity index (χ1v) is 8.01. The van der Waals surface area contributed by atoms with E-state index in [1.54, 1.807) is 12.4 Å². The minimum atomic E-state index is 0.0351. The number of carbonyl (C=O) groups is 1. The number of hydrogen-bond donors (Lipinski definition) is 0. The van der Waals surface area contributed by atoms with Crippen LogP contribution in [0.2, 0.25) is 0 Å². The number of fused-ring (bicyclic) bond motifs is 3. The van der Waals surface area contributed by atoms with Gasteiger partial charge in [-0.25, -0.2) is 4.68 Å². The van der Waals surface area contributed by atoms with Crippen molar-refractivity contribution in [2.24, 2.45) is 0 Å². The van der Waals surface area contributed by atoms with Gasteiger partial charge in [0.05, 0.1) is 42.4 Å². The average molecular weight is 316 g/mol. The number of hydrogen-bond acceptors (Lipinski definition) is 5. The second-order valence-corrected chi connectivity index (χ2v) is 6.09. The lowest BCUT2D eigenvalue weighted by molar-refractivity contribution is -0.0605. The molecule has 0 unspecified atom stereocenters. The molecule has 1 amide bonds. The van der Waals surface area contributed by atoms with Gasteiger partial charge < -0.3 is 9.64 Å². The molecule has 0 N–H and O–H groups in total. The van der Waals surface area contributed by atoms with Crippen molar-refractivity contribution in [2.75, 3.05) is 13.1 Å². The molecule has 23 heavy (non-hydrogen) atoms. The number of aromatic nitrogens is 5. The zero-order chi connectivity index (χ0) is 16.0. The predicted molar refractivity (Wildman–Crippen MR) is 80.8 cm³/mol. The van der Waals surface area contributed by atoms with E-state index in [1.165, 1.54) is 0 Å². The number of likely N-dealkylation sites (tertiary alicyclic amines) is 1. The Morgan fingerprint density at radius 2 is 2.30 bits per heavy atom. The van der Waals surface area contributed by atoms with Crippen LogP contribution in [0.3, 0.4) is 0 Å². The van der Waals surface area contributed by atoms with Gasteiger partial charge in [-0.15, -0.1) is 5.10 Å². The third-order valence-corrected chi connectivity index (χ3v) is 4.85. The first kappa shape index (κ1) is 14.4. The van der Waals surface area contributed by atoms with Gasteiger partial charge in [0.2, 0.25) is 0 Å². The Balaban J connectivity index is 1.57. The summed E-state index contributed by atoms with van der Waals surface area (Å²) in [7, 11) is 0. The van der Waals surface area contributed by atoms with Crippen LogP contribution >= 0.6 is 0 Å². The first-order valence-electron chi connectivity index (χ1n) is 8.01. The van der Waals surface area contributed by atoms with Gasteiger partial charge >= 0.3 is 0 Å². The van der Waals surface area contributed by atoms with Gasteiger partial charge in [-0.3, -0.25) is 9.48 Å². The van der Waals surface area contributed by atoms with E-state index in [9.17, 15) is 4.79 Å². The van der Waals surface area contributed by atoms with Crippen LogP contribution < -0.4 is 0 Å². The van der Waals surface area contributed by atoms with Crippen molar-refractivity contribution in [1.82, 2.24) is 29.7 Å². The van der Waals surface area contributed by atoms with Crippen LogP contribution in [0.5, 0.6) is 0 Å². The van der Waals surface area contributed by atoms with E-state index in [2.05, 4.69) is 15.4 Å². The third kappa shape index (κ3) is 2.24. The van der Waals surface area contributed by atoms with Gasteiger partial charge in [0, 0.05) is 25.3 Å². The molecule has 0 saturated carbocycles. The average Bonchev–Trinajstić information content (AvgIpc) is 3.20. The summed E-state index contributed by atoms with van der Waals surface area (Å²) in [5.74, 6) is 0.0351. The van der Waals surface area contributed by atoms with E-state index in [0.717, 1.165) is 24.4 Å². The lowest BCUT2D eigenvalue weighted by atomic mass is 9.99. The highest BCUT2D eigenvalue weighted by molar-refractivity contribution is 5.95. The molecule has 1 fully saturated rings. The number of nitrogens with zero attached hydrogens (tertiary/aromatic N) is 6. The fourth-order valence-corrected chi connectivity index (χ4v) is 3.51. The van der Waals surface area contributed by atoms with Crippen LogP contribution in [0.15, 0.2) is 12.4 Å². The van der Waals surface area contributed by atoms with E-state index >= 15 is 0 Å². The van der Waals surface area contributed by atoms with E-state index in [1.807, 2.05) is 28.1 Å². The summed E-state index contributed by atoms with van der Waals surface area (Å²) < 4.78 is 9.65. The van der Waals surface area contributed by atoms with Gasteiger partial charge in [-0.05, 0) is 20.3 Å². The number of carbonyl (C=O) groups excluding carboxylic acids is 1. The Kier molecular flexibility index (Phi) is 3.41. The summed E-state index contributed by atoms with van der Waals surface area (Å²) in [6.07, 6.45) is 4.32. The van der Waals surface area contributed by atoms with Crippen molar-refractivity contribution < 1.29 is 9.53 Å². The van der Waals surface area contributed by atoms with Crippen molar-refractivity contribution in [3.63, 3.8) is 0 Å². The summed E-state index contributed by atoms with van der Waals surface area (Å²) in [5.41, 5.74) is 2.57. The largest absolute Gasteiger partial charge is 0.370 e. The Labute approximate surface area is 134 Å². The summed E-state index contributed by atoms with van der Waals surface area (Å²) in [5, 5.41) is 12.4. The van der Waals surface area contributed by atoms with Crippen molar-refractivity contribution in [3.8, 4) is 0 Å². The maximum atomic E-state index is 12.9. The molecule has 2 aliphatic rings. The number of amides is 1. The highest BCUT2D eigenvalue weighted by Gasteiger charge is 2.38. The molecule has 1 saturated heterocycles. The minimum absolute atomic E-state index is 0.0351. The van der Waals surface area contributed by atoms with Crippen LogP contribution in [0.1, 0.15) is 41.1 Å². The summed E-state index contributed by atoms with van der Waals surface area (Å²) >= 11 is 0. The molecule has 2 atom stereocenters. The molecular weight excluding hydrogens is 296 g/mol. The maximum Gasteiger partial charge on any atom is 0.257 e. The Hall–Kier alpha value is -2.22. The normalized spacial score (nSPS) is 23.5. The number of piperidine rings is 1. The second kappa shape index (κ2) is 5.45. The van der Waals surface area contributed by atoms with Gasteiger partial charge in [-0.1, -0.05) is 5.21 Å². The molecule has 122 valence electrons. The molecule has 0 aromatic carbocycles. The fourth-order valence-electron chi connectivity index (χ4n) is 3.51. The van der Waals surface area contributed by atoms with Crippen molar-refractivity contribution >= 4 is 5.91 Å². The van der Waals surface area contributed by atoms with E-state index in [-0.39, 0.29) is 18.1 Å². The summed E-state index contributed by atoms with van der Waals surface area (Å²) in [4.78, 5) is 14.7. The molecule has 8 nitrogen and oxygen atoms in total. The Morgan fingerprint density at radius 3 is 3.09 bits per heavy atom. The zero-order valence-electron chi connectivity index (χ0n) is 13.3. The van der Waals surface area contributed by atoms with E-state index in [4.69, 9.17) is 4.74 Å². The number of ether oxygens (including phenoxy) is 1. The fraction of sp³-hybridized carbons (Fsp3) is 0.600. The lowest BCUT2D eigenvalue weighted by Crippen LogP contribution is -2.50. The topological polar surface area (TPSA) is 78.1 Å². The molecule has 2 aliphatic heterocycles. The van der Waals surface area contributed by atoms with E-state index < -0.39 is 0 Å². The second-order valence-electron chi connectivity index (χ2n) is 6.09. The van der Waals surface area contributed by atoms with Gasteiger partial charge in [-0.2, -0.15) is 5.10 Å². The highest BCUT2D eigenvalue weighted by Crippen LogP contribution is 2.30. The molecule has 2 aromatic heterocycles. The summed E-state index contributed by atoms with van der Waals surface area (Å²) in [6, 6.07) is 0.0421. The zero-order valence-corrected chi connectivity index (χ0v) is 13.3. The highest BCUT2D eigenvalue weighted by atomic mass is 16.5. The van der Waals surface area contributed by atoms with Crippen molar-refractivity contribution in [1.29, 1.82) is 0 Å². The number of rotatable bonds is 2. The van der Waals surface area contributed by atoms with Crippen LogP contribution in [0, 0.1) is 6.92 Å². The van der Waals surface area contributed by atoms with Crippen LogP contribution in [-0.2, 0) is 17.9 Å². The molecule has 0 spiro atoms. The van der Waals surface area contributed by atoms with Crippen LogP contribution in [-0.4, -0.2) is 54.8 Å². The molecule has 2 aromatic rings. The standard InChI is InChI=1S/C15H20N6O2/c1-3-20-10(2)12(7-17-20)15(22)19-5-4-14-13(8-19)21-11(9-23-14)6-16-18-21/h6-7,13-14H,3-5,8-9H2,1-2H3/t13-,14+/m0/s1. The minimum Gasteiger partial charge on any atom is -0.370 e. The van der Waals surface area contributed by atoms with Gasteiger partial charge in [0.25, 0.3) is 5.91 Å². The molecule has 4 heterocycles. The van der Waals surface area contributed by atoms with Crippen LogP contribution in [0.25, 0.3) is 0 Å². The third-order valence-electron chi connectivity index (χ3n) is 4.85.